The molecule has 30 heavy (non-hydrogen) atoms. The van der Waals surface area contributed by atoms with Crippen LogP contribution in [0.2, 0.25) is 0 Å². The van der Waals surface area contributed by atoms with Crippen molar-refractivity contribution in [3.8, 4) is 5.75 Å². The summed E-state index contributed by atoms with van der Waals surface area (Å²) in [6.45, 7) is 3.61. The fourth-order valence-electron chi connectivity index (χ4n) is 3.40. The number of hydrogen-bond acceptors (Lipinski definition) is 4. The second-order valence-electron chi connectivity index (χ2n) is 7.22. The average molecular weight is 426 g/mol. The van der Waals surface area contributed by atoms with Crippen LogP contribution in [0.15, 0.2) is 83.8 Å². The second kappa shape index (κ2) is 11.7. The van der Waals surface area contributed by atoms with Gasteiger partial charge in [-0.15, -0.1) is 12.6 Å². The summed E-state index contributed by atoms with van der Waals surface area (Å²) in [5.41, 5.74) is 2.46. The van der Waals surface area contributed by atoms with Gasteiger partial charge in [-0.3, -0.25) is 4.90 Å². The molecule has 158 valence electrons. The van der Waals surface area contributed by atoms with Crippen LogP contribution in [0.1, 0.15) is 11.1 Å². The Kier molecular flexibility index (Phi) is 8.75. The van der Waals surface area contributed by atoms with E-state index in [0.717, 1.165) is 48.9 Å². The molecule has 1 heterocycles. The Balaban J connectivity index is 0.000000239. The molecule has 0 N–H and O–H groups in total. The van der Waals surface area contributed by atoms with Gasteiger partial charge in [0.25, 0.3) is 0 Å². The molecule has 0 saturated carbocycles. The number of morpholine rings is 1. The van der Waals surface area contributed by atoms with Crippen molar-refractivity contribution in [3.63, 3.8) is 0 Å². The van der Waals surface area contributed by atoms with Gasteiger partial charge in [0.2, 0.25) is 0 Å². The third kappa shape index (κ3) is 7.17. The molecule has 5 heteroatoms. The Hall–Kier alpha value is -2.34. The minimum absolute atomic E-state index is 0.186. The van der Waals surface area contributed by atoms with E-state index in [1.54, 1.807) is 7.11 Å². The summed E-state index contributed by atoms with van der Waals surface area (Å²) in [6, 6.07) is 24.8. The number of hydrogen-bond donors (Lipinski definition) is 1. The molecule has 1 atom stereocenters. The number of ether oxygens (including phenoxy) is 2. The zero-order chi connectivity index (χ0) is 21.2. The molecule has 1 unspecified atom stereocenters. The molecule has 3 aromatic rings. The monoisotopic (exact) mass is 425 g/mol. The molecule has 0 spiro atoms. The molecular weight excluding hydrogens is 397 g/mol. The van der Waals surface area contributed by atoms with Crippen molar-refractivity contribution in [1.82, 2.24) is 4.90 Å². The maximum Gasteiger partial charge on any atom is 0.132 e. The van der Waals surface area contributed by atoms with E-state index in [0.29, 0.717) is 0 Å². The lowest BCUT2D eigenvalue weighted by Gasteiger charge is -2.33. The number of thiol groups is 1. The summed E-state index contributed by atoms with van der Waals surface area (Å²) in [4.78, 5) is 3.30. The van der Waals surface area contributed by atoms with Crippen LogP contribution >= 0.6 is 12.6 Å². The quantitative estimate of drug-likeness (QED) is 0.564. The first-order valence-corrected chi connectivity index (χ1v) is 10.5. The molecule has 3 nitrogen and oxygen atoms in total. The minimum Gasteiger partial charge on any atom is -0.496 e. The molecule has 1 saturated heterocycles. The predicted molar refractivity (Wildman–Crippen MR) is 122 cm³/mol. The van der Waals surface area contributed by atoms with Gasteiger partial charge in [0.15, 0.2) is 0 Å². The van der Waals surface area contributed by atoms with Crippen molar-refractivity contribution in [1.29, 1.82) is 0 Å². The maximum absolute atomic E-state index is 12.9. The highest BCUT2D eigenvalue weighted by molar-refractivity contribution is 7.80. The first-order valence-electron chi connectivity index (χ1n) is 10.1. The van der Waals surface area contributed by atoms with E-state index in [4.69, 9.17) is 9.47 Å². The van der Waals surface area contributed by atoms with E-state index in [2.05, 4.69) is 41.8 Å². The normalized spacial score (nSPS) is 16.4. The lowest BCUT2D eigenvalue weighted by molar-refractivity contribution is -0.0305. The van der Waals surface area contributed by atoms with Crippen LogP contribution in [-0.4, -0.2) is 37.8 Å². The van der Waals surface area contributed by atoms with E-state index >= 15 is 0 Å². The van der Waals surface area contributed by atoms with E-state index in [1.807, 2.05) is 42.5 Å². The van der Waals surface area contributed by atoms with Crippen LogP contribution in [-0.2, 0) is 17.7 Å². The summed E-state index contributed by atoms with van der Waals surface area (Å²) >= 11 is 4.15. The molecule has 4 rings (SSSR count). The van der Waals surface area contributed by atoms with Gasteiger partial charge < -0.3 is 9.47 Å². The fourth-order valence-corrected chi connectivity index (χ4v) is 3.65. The summed E-state index contributed by atoms with van der Waals surface area (Å²) < 4.78 is 23.7. The molecule has 0 radical (unpaired) electrons. The molecule has 0 aromatic heterocycles. The van der Waals surface area contributed by atoms with Crippen LogP contribution in [0.3, 0.4) is 0 Å². The molecule has 1 aliphatic rings. The van der Waals surface area contributed by atoms with Crippen molar-refractivity contribution < 1.29 is 13.9 Å². The van der Waals surface area contributed by atoms with Gasteiger partial charge >= 0.3 is 0 Å². The third-order valence-corrected chi connectivity index (χ3v) is 5.30. The highest BCUT2D eigenvalue weighted by Gasteiger charge is 2.20. The SMILES string of the molecule is COc1ccccc1S.Fc1ccc(CC2CN(Cc3ccccc3)CCO2)cc1. The van der Waals surface area contributed by atoms with Crippen molar-refractivity contribution >= 4 is 12.6 Å². The van der Waals surface area contributed by atoms with Crippen LogP contribution < -0.4 is 4.74 Å². The minimum atomic E-state index is -0.186. The largest absolute Gasteiger partial charge is 0.496 e. The van der Waals surface area contributed by atoms with Gasteiger partial charge in [-0.2, -0.15) is 0 Å². The smallest absolute Gasteiger partial charge is 0.132 e. The number of para-hydroxylation sites is 1. The van der Waals surface area contributed by atoms with E-state index in [-0.39, 0.29) is 11.9 Å². The van der Waals surface area contributed by atoms with Crippen LogP contribution in [0.4, 0.5) is 4.39 Å². The van der Waals surface area contributed by atoms with Gasteiger partial charge in [0, 0.05) is 24.5 Å². The molecule has 0 amide bonds. The number of benzene rings is 3. The topological polar surface area (TPSA) is 21.7 Å². The Morgan fingerprint density at radius 1 is 0.967 bits per heavy atom. The first kappa shape index (κ1) is 22.3. The highest BCUT2D eigenvalue weighted by Crippen LogP contribution is 2.20. The molecule has 1 aliphatic heterocycles. The summed E-state index contributed by atoms with van der Waals surface area (Å²) in [7, 11) is 1.63. The molecule has 0 aliphatic carbocycles. The third-order valence-electron chi connectivity index (χ3n) is 4.93. The predicted octanol–water partition coefficient (Wildman–Crippen LogP) is 5.25. The first-order chi connectivity index (χ1) is 14.6. The number of rotatable bonds is 5. The lowest BCUT2D eigenvalue weighted by Crippen LogP contribution is -2.42. The zero-order valence-corrected chi connectivity index (χ0v) is 18.1. The van der Waals surface area contributed by atoms with Gasteiger partial charge in [0.05, 0.1) is 19.8 Å². The second-order valence-corrected chi connectivity index (χ2v) is 7.70. The summed E-state index contributed by atoms with van der Waals surface area (Å²) in [5.74, 6) is 0.634. The van der Waals surface area contributed by atoms with E-state index in [9.17, 15) is 4.39 Å². The highest BCUT2D eigenvalue weighted by atomic mass is 32.1. The molecular formula is C25H28FNO2S. The molecule has 3 aromatic carbocycles. The lowest BCUT2D eigenvalue weighted by atomic mass is 10.1. The summed E-state index contributed by atoms with van der Waals surface area (Å²) in [5, 5.41) is 0. The van der Waals surface area contributed by atoms with Crippen LogP contribution in [0, 0.1) is 5.82 Å². The fraction of sp³-hybridized carbons (Fsp3) is 0.280. The van der Waals surface area contributed by atoms with Crippen molar-refractivity contribution in [3.05, 3.63) is 95.8 Å². The standard InChI is InChI=1S/C18H20FNO.C7H8OS/c19-17-8-6-15(7-9-17)12-18-14-20(10-11-21-18)13-16-4-2-1-3-5-16;1-8-6-4-2-3-5-7(6)9/h1-9,18H,10-14H2;2-5,9H,1H3. The van der Waals surface area contributed by atoms with Gasteiger partial charge in [-0.05, 0) is 41.8 Å². The van der Waals surface area contributed by atoms with Gasteiger partial charge in [0.1, 0.15) is 11.6 Å². The number of nitrogens with zero attached hydrogens (tertiary/aromatic N) is 1. The Bertz CT molecular complexity index is 889. The average Bonchev–Trinajstić information content (AvgIpc) is 2.77. The van der Waals surface area contributed by atoms with Crippen molar-refractivity contribution in [2.45, 2.75) is 24.0 Å². The molecule has 0 bridgehead atoms. The zero-order valence-electron chi connectivity index (χ0n) is 17.2. The van der Waals surface area contributed by atoms with Crippen molar-refractivity contribution in [2.75, 3.05) is 26.8 Å². The van der Waals surface area contributed by atoms with E-state index in [1.165, 1.54) is 17.7 Å². The number of halogens is 1. The Labute approximate surface area is 183 Å². The van der Waals surface area contributed by atoms with Gasteiger partial charge in [-0.1, -0.05) is 54.6 Å². The summed E-state index contributed by atoms with van der Waals surface area (Å²) in [6.07, 6.45) is 1.03. The van der Waals surface area contributed by atoms with Crippen LogP contribution in [0.25, 0.3) is 0 Å². The maximum atomic E-state index is 12.9. The molecule has 1 fully saturated rings. The van der Waals surface area contributed by atoms with Crippen molar-refractivity contribution in [2.24, 2.45) is 0 Å². The van der Waals surface area contributed by atoms with Gasteiger partial charge in [-0.25, -0.2) is 4.39 Å². The number of methoxy groups -OCH3 is 1. The van der Waals surface area contributed by atoms with E-state index < -0.39 is 0 Å². The Morgan fingerprint density at radius 3 is 2.33 bits per heavy atom. The van der Waals surface area contributed by atoms with Crippen LogP contribution in [0.5, 0.6) is 5.75 Å². The Morgan fingerprint density at radius 2 is 1.67 bits per heavy atom.